The van der Waals surface area contributed by atoms with E-state index in [1.807, 2.05) is 11.6 Å². The van der Waals surface area contributed by atoms with Crippen molar-refractivity contribution in [1.82, 2.24) is 15.0 Å². The molecule has 3 rings (SSSR count). The molecule has 2 aliphatic carbocycles. The third kappa shape index (κ3) is 2.02. The first-order chi connectivity index (χ1) is 8.81. The van der Waals surface area contributed by atoms with Gasteiger partial charge in [-0.05, 0) is 32.6 Å². The zero-order valence-electron chi connectivity index (χ0n) is 10.8. The molecule has 0 bridgehead atoms. The van der Waals surface area contributed by atoms with Crippen molar-refractivity contribution in [2.45, 2.75) is 57.4 Å². The lowest BCUT2D eigenvalue weighted by Crippen LogP contribution is -2.13. The van der Waals surface area contributed by atoms with Gasteiger partial charge in [-0.25, -0.2) is 9.48 Å². The summed E-state index contributed by atoms with van der Waals surface area (Å²) in [4.78, 5) is 11.9. The van der Waals surface area contributed by atoms with Gasteiger partial charge in [0.05, 0.1) is 18.3 Å². The van der Waals surface area contributed by atoms with Crippen LogP contribution < -0.4 is 0 Å². The van der Waals surface area contributed by atoms with Crippen LogP contribution in [0.5, 0.6) is 0 Å². The molecule has 0 aliphatic heterocycles. The average Bonchev–Trinajstić information content (AvgIpc) is 2.92. The highest BCUT2D eigenvalue weighted by atomic mass is 16.5. The Labute approximate surface area is 107 Å². The zero-order valence-corrected chi connectivity index (χ0v) is 10.8. The summed E-state index contributed by atoms with van der Waals surface area (Å²) in [6.07, 6.45) is 7.11. The summed E-state index contributed by atoms with van der Waals surface area (Å²) in [5.74, 6) is 0.156. The van der Waals surface area contributed by atoms with Crippen molar-refractivity contribution in [2.24, 2.45) is 0 Å². The summed E-state index contributed by atoms with van der Waals surface area (Å²) in [5.41, 5.74) is 1.48. The van der Waals surface area contributed by atoms with E-state index in [9.17, 15) is 4.79 Å². The van der Waals surface area contributed by atoms with E-state index < -0.39 is 0 Å². The van der Waals surface area contributed by atoms with Crippen molar-refractivity contribution in [3.05, 3.63) is 11.4 Å². The van der Waals surface area contributed by atoms with Gasteiger partial charge in [-0.15, -0.1) is 5.10 Å². The Morgan fingerprint density at radius 1 is 1.33 bits per heavy atom. The molecule has 0 atom stereocenters. The van der Waals surface area contributed by atoms with Gasteiger partial charge in [0.2, 0.25) is 0 Å². The molecule has 0 N–H and O–H groups in total. The molecule has 5 heteroatoms. The van der Waals surface area contributed by atoms with Gasteiger partial charge >= 0.3 is 5.97 Å². The third-order valence-corrected chi connectivity index (χ3v) is 3.83. The maximum Gasteiger partial charge on any atom is 0.360 e. The quantitative estimate of drug-likeness (QED) is 0.769. The van der Waals surface area contributed by atoms with Crippen LogP contribution in [0.25, 0.3) is 0 Å². The molecule has 2 aliphatic rings. The van der Waals surface area contributed by atoms with E-state index >= 15 is 0 Å². The van der Waals surface area contributed by atoms with E-state index in [2.05, 4.69) is 10.3 Å². The first-order valence-corrected chi connectivity index (χ1v) is 6.93. The van der Waals surface area contributed by atoms with Gasteiger partial charge in [0, 0.05) is 5.92 Å². The topological polar surface area (TPSA) is 57.0 Å². The number of ether oxygens (including phenoxy) is 1. The number of rotatable bonds is 4. The van der Waals surface area contributed by atoms with E-state index in [-0.39, 0.29) is 5.97 Å². The second-order valence-corrected chi connectivity index (χ2v) is 5.20. The van der Waals surface area contributed by atoms with Gasteiger partial charge in [-0.3, -0.25) is 0 Å². The molecule has 0 saturated heterocycles. The standard InChI is InChI=1S/C13H19N3O2/c1-2-18-13(17)11-12(9-7-8-9)16(15-14-11)10-5-3-4-6-10/h9-10H,2-8H2,1H3. The first-order valence-electron chi connectivity index (χ1n) is 6.93. The van der Waals surface area contributed by atoms with Gasteiger partial charge in [0.1, 0.15) is 0 Å². The first kappa shape index (κ1) is 11.7. The Hall–Kier alpha value is -1.39. The fourth-order valence-corrected chi connectivity index (χ4v) is 2.80. The van der Waals surface area contributed by atoms with Crippen LogP contribution in [0.1, 0.15) is 73.6 Å². The Bertz CT molecular complexity index is 445. The van der Waals surface area contributed by atoms with E-state index in [1.165, 1.54) is 12.8 Å². The molecule has 1 aromatic rings. The van der Waals surface area contributed by atoms with Crippen LogP contribution in [0.15, 0.2) is 0 Å². The molecular formula is C13H19N3O2. The lowest BCUT2D eigenvalue weighted by Gasteiger charge is -2.13. The summed E-state index contributed by atoms with van der Waals surface area (Å²) in [6.45, 7) is 2.20. The van der Waals surface area contributed by atoms with E-state index in [4.69, 9.17) is 4.74 Å². The predicted octanol–water partition coefficient (Wildman–Crippen LogP) is 2.45. The van der Waals surface area contributed by atoms with E-state index in [0.29, 0.717) is 24.3 Å². The molecule has 1 aromatic heterocycles. The number of carbonyl (C=O) groups excluding carboxylic acids is 1. The fourth-order valence-electron chi connectivity index (χ4n) is 2.80. The summed E-state index contributed by atoms with van der Waals surface area (Å²) in [7, 11) is 0. The molecule has 18 heavy (non-hydrogen) atoms. The van der Waals surface area contributed by atoms with Gasteiger partial charge in [0.15, 0.2) is 5.69 Å². The predicted molar refractivity (Wildman–Crippen MR) is 65.5 cm³/mol. The van der Waals surface area contributed by atoms with Crippen LogP contribution in [0, 0.1) is 0 Å². The van der Waals surface area contributed by atoms with Gasteiger partial charge in [0.25, 0.3) is 0 Å². The van der Waals surface area contributed by atoms with Gasteiger partial charge < -0.3 is 4.74 Å². The number of aromatic nitrogens is 3. The van der Waals surface area contributed by atoms with Crippen LogP contribution in [-0.4, -0.2) is 27.6 Å². The molecule has 5 nitrogen and oxygen atoms in total. The normalized spacial score (nSPS) is 20.3. The Kier molecular flexibility index (Phi) is 3.06. The smallest absolute Gasteiger partial charge is 0.360 e. The molecule has 2 saturated carbocycles. The fraction of sp³-hybridized carbons (Fsp3) is 0.769. The van der Waals surface area contributed by atoms with Gasteiger partial charge in [-0.1, -0.05) is 18.1 Å². The highest BCUT2D eigenvalue weighted by Gasteiger charge is 2.36. The number of carbonyl (C=O) groups is 1. The third-order valence-electron chi connectivity index (χ3n) is 3.83. The Balaban J connectivity index is 1.92. The largest absolute Gasteiger partial charge is 0.461 e. The van der Waals surface area contributed by atoms with Crippen molar-refractivity contribution in [1.29, 1.82) is 0 Å². The molecule has 0 radical (unpaired) electrons. The van der Waals surface area contributed by atoms with Crippen molar-refractivity contribution in [2.75, 3.05) is 6.61 Å². The maximum atomic E-state index is 11.9. The minimum Gasteiger partial charge on any atom is -0.461 e. The van der Waals surface area contributed by atoms with Crippen LogP contribution >= 0.6 is 0 Å². The highest BCUT2D eigenvalue weighted by molar-refractivity contribution is 5.88. The molecule has 98 valence electrons. The maximum absolute atomic E-state index is 11.9. The van der Waals surface area contributed by atoms with Crippen molar-refractivity contribution < 1.29 is 9.53 Å². The lowest BCUT2D eigenvalue weighted by atomic mass is 10.2. The average molecular weight is 249 g/mol. The van der Waals surface area contributed by atoms with E-state index in [0.717, 1.165) is 31.4 Å². The SMILES string of the molecule is CCOC(=O)c1nnn(C2CCCC2)c1C1CC1. The van der Waals surface area contributed by atoms with Crippen molar-refractivity contribution >= 4 is 5.97 Å². The van der Waals surface area contributed by atoms with Crippen molar-refractivity contribution in [3.63, 3.8) is 0 Å². The molecular weight excluding hydrogens is 230 g/mol. The Morgan fingerprint density at radius 3 is 2.67 bits per heavy atom. The van der Waals surface area contributed by atoms with Crippen LogP contribution in [0.4, 0.5) is 0 Å². The van der Waals surface area contributed by atoms with Gasteiger partial charge in [-0.2, -0.15) is 0 Å². The highest BCUT2D eigenvalue weighted by Crippen LogP contribution is 2.43. The summed E-state index contributed by atoms with van der Waals surface area (Å²) in [5, 5.41) is 8.31. The molecule has 2 fully saturated rings. The second-order valence-electron chi connectivity index (χ2n) is 5.20. The summed E-state index contributed by atoms with van der Waals surface area (Å²) in [6, 6.07) is 0.441. The molecule has 1 heterocycles. The molecule has 0 spiro atoms. The summed E-state index contributed by atoms with van der Waals surface area (Å²) >= 11 is 0. The molecule has 0 unspecified atom stereocenters. The zero-order chi connectivity index (χ0) is 12.5. The minimum atomic E-state index is -0.316. The number of esters is 1. The Morgan fingerprint density at radius 2 is 2.06 bits per heavy atom. The minimum absolute atomic E-state index is 0.316. The monoisotopic (exact) mass is 249 g/mol. The number of nitrogens with zero attached hydrogens (tertiary/aromatic N) is 3. The lowest BCUT2D eigenvalue weighted by molar-refractivity contribution is 0.0518. The van der Waals surface area contributed by atoms with Crippen LogP contribution in [-0.2, 0) is 4.74 Å². The molecule has 0 amide bonds. The second kappa shape index (κ2) is 4.71. The molecule has 0 aromatic carbocycles. The number of hydrogen-bond acceptors (Lipinski definition) is 4. The number of hydrogen-bond donors (Lipinski definition) is 0. The van der Waals surface area contributed by atoms with Crippen molar-refractivity contribution in [3.8, 4) is 0 Å². The summed E-state index contributed by atoms with van der Waals surface area (Å²) < 4.78 is 7.08. The van der Waals surface area contributed by atoms with Crippen LogP contribution in [0.3, 0.4) is 0 Å². The van der Waals surface area contributed by atoms with E-state index in [1.54, 1.807) is 0 Å². The van der Waals surface area contributed by atoms with Crippen LogP contribution in [0.2, 0.25) is 0 Å².